The summed E-state index contributed by atoms with van der Waals surface area (Å²) < 4.78 is 18.8. The van der Waals surface area contributed by atoms with Crippen LogP contribution >= 0.6 is 0 Å². The molecule has 0 unspecified atom stereocenters. The lowest BCUT2D eigenvalue weighted by Crippen LogP contribution is -2.46. The standard InChI is InChI=1S/C18H20FN3O3/c1-25-16-5-4-14(19)11-13(16)12-21-7-9-22(10-8-21)17-15(18(23)24)3-2-6-20-17/h2-6,11H,7-10,12H2,1H3,(H,23,24). The Morgan fingerprint density at radius 2 is 2.04 bits per heavy atom. The molecule has 1 aliphatic heterocycles. The molecule has 7 heteroatoms. The number of carboxylic acids is 1. The molecule has 1 aliphatic rings. The Morgan fingerprint density at radius 1 is 1.28 bits per heavy atom. The summed E-state index contributed by atoms with van der Waals surface area (Å²) in [7, 11) is 1.57. The minimum atomic E-state index is -0.977. The molecule has 1 fully saturated rings. The van der Waals surface area contributed by atoms with Gasteiger partial charge in [0.25, 0.3) is 0 Å². The van der Waals surface area contributed by atoms with Crippen molar-refractivity contribution in [2.45, 2.75) is 6.54 Å². The van der Waals surface area contributed by atoms with Crippen molar-refractivity contribution >= 4 is 11.8 Å². The quantitative estimate of drug-likeness (QED) is 0.897. The zero-order valence-electron chi connectivity index (χ0n) is 14.0. The zero-order chi connectivity index (χ0) is 17.8. The Morgan fingerprint density at radius 3 is 2.72 bits per heavy atom. The van der Waals surface area contributed by atoms with Crippen LogP contribution in [-0.4, -0.2) is 54.2 Å². The molecule has 0 spiro atoms. The van der Waals surface area contributed by atoms with E-state index in [2.05, 4.69) is 9.88 Å². The first-order valence-electron chi connectivity index (χ1n) is 8.06. The van der Waals surface area contributed by atoms with Gasteiger partial charge in [-0.25, -0.2) is 14.2 Å². The van der Waals surface area contributed by atoms with Crippen LogP contribution in [0.3, 0.4) is 0 Å². The Labute approximate surface area is 145 Å². The SMILES string of the molecule is COc1ccc(F)cc1CN1CCN(c2ncccc2C(=O)O)CC1. The summed E-state index contributed by atoms with van der Waals surface area (Å²) in [6.45, 7) is 3.37. The minimum absolute atomic E-state index is 0.211. The molecule has 0 saturated carbocycles. The lowest BCUT2D eigenvalue weighted by Gasteiger charge is -2.36. The summed E-state index contributed by atoms with van der Waals surface area (Å²) in [5, 5.41) is 9.30. The first-order chi connectivity index (χ1) is 12.1. The second-order valence-electron chi connectivity index (χ2n) is 5.90. The van der Waals surface area contributed by atoms with Gasteiger partial charge >= 0.3 is 5.97 Å². The third kappa shape index (κ3) is 3.88. The Kier molecular flexibility index (Phi) is 5.14. The largest absolute Gasteiger partial charge is 0.496 e. The third-order valence-corrected chi connectivity index (χ3v) is 4.33. The predicted molar refractivity (Wildman–Crippen MR) is 91.6 cm³/mol. The molecule has 0 bridgehead atoms. The average Bonchev–Trinajstić information content (AvgIpc) is 2.62. The van der Waals surface area contributed by atoms with Crippen molar-refractivity contribution in [1.82, 2.24) is 9.88 Å². The lowest BCUT2D eigenvalue weighted by atomic mass is 10.1. The van der Waals surface area contributed by atoms with Gasteiger partial charge in [-0.1, -0.05) is 0 Å². The molecular formula is C18H20FN3O3. The number of anilines is 1. The highest BCUT2D eigenvalue weighted by Crippen LogP contribution is 2.23. The van der Waals surface area contributed by atoms with E-state index in [9.17, 15) is 14.3 Å². The summed E-state index contributed by atoms with van der Waals surface area (Å²) in [6, 6.07) is 7.70. The number of pyridine rings is 1. The van der Waals surface area contributed by atoms with Crippen LogP contribution in [0.15, 0.2) is 36.5 Å². The fraction of sp³-hybridized carbons (Fsp3) is 0.333. The van der Waals surface area contributed by atoms with Crippen LogP contribution in [0.5, 0.6) is 5.75 Å². The molecule has 0 amide bonds. The molecule has 2 aromatic rings. The number of methoxy groups -OCH3 is 1. The number of hydrogen-bond donors (Lipinski definition) is 1. The van der Waals surface area contributed by atoms with E-state index < -0.39 is 5.97 Å². The highest BCUT2D eigenvalue weighted by Gasteiger charge is 2.23. The first-order valence-corrected chi connectivity index (χ1v) is 8.06. The monoisotopic (exact) mass is 345 g/mol. The molecule has 0 radical (unpaired) electrons. The number of carbonyl (C=O) groups is 1. The number of rotatable bonds is 5. The van der Waals surface area contributed by atoms with Gasteiger partial charge in [-0.3, -0.25) is 4.90 Å². The normalized spacial score (nSPS) is 15.2. The maximum atomic E-state index is 13.5. The average molecular weight is 345 g/mol. The van der Waals surface area contributed by atoms with Crippen molar-refractivity contribution in [3.63, 3.8) is 0 Å². The van der Waals surface area contributed by atoms with Crippen molar-refractivity contribution in [3.05, 3.63) is 53.5 Å². The van der Waals surface area contributed by atoms with E-state index in [0.717, 1.165) is 18.7 Å². The maximum absolute atomic E-state index is 13.5. The number of aromatic nitrogens is 1. The highest BCUT2D eigenvalue weighted by molar-refractivity contribution is 5.93. The smallest absolute Gasteiger partial charge is 0.339 e. The Hall–Kier alpha value is -2.67. The number of benzene rings is 1. The van der Waals surface area contributed by atoms with Crippen molar-refractivity contribution in [2.24, 2.45) is 0 Å². The van der Waals surface area contributed by atoms with Crippen LogP contribution in [0.2, 0.25) is 0 Å². The van der Waals surface area contributed by atoms with Crippen molar-refractivity contribution in [3.8, 4) is 5.75 Å². The van der Waals surface area contributed by atoms with E-state index in [-0.39, 0.29) is 11.4 Å². The second-order valence-corrected chi connectivity index (χ2v) is 5.90. The number of halogens is 1. The fourth-order valence-electron chi connectivity index (χ4n) is 3.05. The topological polar surface area (TPSA) is 65.9 Å². The molecule has 3 rings (SSSR count). The lowest BCUT2D eigenvalue weighted by molar-refractivity contribution is 0.0697. The number of carboxylic acid groups (broad SMARTS) is 1. The van der Waals surface area contributed by atoms with Gasteiger partial charge in [0.1, 0.15) is 22.9 Å². The summed E-state index contributed by atoms with van der Waals surface area (Å²) in [4.78, 5) is 19.7. The number of ether oxygens (including phenoxy) is 1. The number of nitrogens with zero attached hydrogens (tertiary/aromatic N) is 3. The predicted octanol–water partition coefficient (Wildman–Crippen LogP) is 2.25. The van der Waals surface area contributed by atoms with E-state index >= 15 is 0 Å². The van der Waals surface area contributed by atoms with Gasteiger partial charge in [-0.2, -0.15) is 0 Å². The highest BCUT2D eigenvalue weighted by atomic mass is 19.1. The number of hydrogen-bond acceptors (Lipinski definition) is 5. The van der Waals surface area contributed by atoms with Crippen LogP contribution in [0.25, 0.3) is 0 Å². The van der Waals surface area contributed by atoms with E-state index in [1.54, 1.807) is 31.5 Å². The van der Waals surface area contributed by atoms with Gasteiger partial charge in [-0.15, -0.1) is 0 Å². The van der Waals surface area contributed by atoms with E-state index in [1.165, 1.54) is 12.1 Å². The third-order valence-electron chi connectivity index (χ3n) is 4.33. The maximum Gasteiger partial charge on any atom is 0.339 e. The van der Waals surface area contributed by atoms with Crippen molar-refractivity contribution < 1.29 is 19.0 Å². The molecule has 132 valence electrons. The summed E-state index contributed by atoms with van der Waals surface area (Å²) in [5.74, 6) is -0.0937. The van der Waals surface area contributed by atoms with Gasteiger partial charge in [0.05, 0.1) is 7.11 Å². The Balaban J connectivity index is 1.67. The van der Waals surface area contributed by atoms with Crippen LogP contribution in [0.1, 0.15) is 15.9 Å². The van der Waals surface area contributed by atoms with Gasteiger partial charge in [0.15, 0.2) is 0 Å². The Bertz CT molecular complexity index is 761. The van der Waals surface area contributed by atoms with Gasteiger partial charge in [0.2, 0.25) is 0 Å². The molecule has 0 atom stereocenters. The van der Waals surface area contributed by atoms with Gasteiger partial charge in [-0.05, 0) is 30.3 Å². The fourth-order valence-corrected chi connectivity index (χ4v) is 3.05. The zero-order valence-corrected chi connectivity index (χ0v) is 14.0. The van der Waals surface area contributed by atoms with Gasteiger partial charge < -0.3 is 14.7 Å². The van der Waals surface area contributed by atoms with Crippen LogP contribution in [0.4, 0.5) is 10.2 Å². The molecule has 1 aromatic heterocycles. The van der Waals surface area contributed by atoms with Crippen molar-refractivity contribution in [2.75, 3.05) is 38.2 Å². The molecule has 2 heterocycles. The molecule has 6 nitrogen and oxygen atoms in total. The number of piperazine rings is 1. The van der Waals surface area contributed by atoms with Crippen LogP contribution < -0.4 is 9.64 Å². The van der Waals surface area contributed by atoms with Crippen LogP contribution in [0, 0.1) is 5.82 Å². The molecule has 25 heavy (non-hydrogen) atoms. The summed E-state index contributed by atoms with van der Waals surface area (Å²) in [6.07, 6.45) is 1.60. The number of aromatic carboxylic acids is 1. The molecule has 1 N–H and O–H groups in total. The van der Waals surface area contributed by atoms with Crippen LogP contribution in [-0.2, 0) is 6.54 Å². The summed E-state index contributed by atoms with van der Waals surface area (Å²) in [5.41, 5.74) is 1.02. The molecule has 0 aliphatic carbocycles. The first kappa shape index (κ1) is 17.2. The van der Waals surface area contributed by atoms with Crippen molar-refractivity contribution in [1.29, 1.82) is 0 Å². The molecule has 1 aromatic carbocycles. The molecule has 1 saturated heterocycles. The van der Waals surface area contributed by atoms with E-state index in [0.29, 0.717) is 31.2 Å². The van der Waals surface area contributed by atoms with E-state index in [1.807, 2.05) is 4.90 Å². The second kappa shape index (κ2) is 7.48. The minimum Gasteiger partial charge on any atom is -0.496 e. The van der Waals surface area contributed by atoms with Gasteiger partial charge in [0, 0.05) is 44.5 Å². The molecular weight excluding hydrogens is 325 g/mol. The summed E-state index contributed by atoms with van der Waals surface area (Å²) >= 11 is 0. The van der Waals surface area contributed by atoms with E-state index in [4.69, 9.17) is 4.74 Å².